The van der Waals surface area contributed by atoms with Gasteiger partial charge in [-0.1, -0.05) is 30.3 Å². The molecule has 122 valence electrons. The Morgan fingerprint density at radius 2 is 2.21 bits per heavy atom. The van der Waals surface area contributed by atoms with Crippen molar-refractivity contribution in [1.29, 1.82) is 0 Å². The highest BCUT2D eigenvalue weighted by Crippen LogP contribution is 2.27. The zero-order valence-electron chi connectivity index (χ0n) is 12.7. The van der Waals surface area contributed by atoms with Crippen LogP contribution in [-0.4, -0.2) is 21.1 Å². The number of nitrogens with two attached hydrogens (primary N) is 1. The van der Waals surface area contributed by atoms with Crippen molar-refractivity contribution in [2.24, 2.45) is 5.73 Å². The number of aromatic nitrogens is 3. The number of hydrogen-bond acceptors (Lipinski definition) is 4. The molecule has 0 aliphatic rings. The van der Waals surface area contributed by atoms with E-state index in [1.54, 1.807) is 40.9 Å². The maximum Gasteiger partial charge on any atom is 0.176 e. The second-order valence-electron chi connectivity index (χ2n) is 4.96. The van der Waals surface area contributed by atoms with Crippen LogP contribution in [0.1, 0.15) is 0 Å². The molecule has 7 heteroatoms. The van der Waals surface area contributed by atoms with E-state index in [0.717, 1.165) is 0 Å². The van der Waals surface area contributed by atoms with Gasteiger partial charge in [0.2, 0.25) is 0 Å². The van der Waals surface area contributed by atoms with Gasteiger partial charge in [0.1, 0.15) is 16.7 Å². The SMILES string of the molecule is C=C/C(=C\CN)Nc1cc(-c2ccccc2F)nc2c(Cl)cnn12. The molecule has 2 aromatic heterocycles. The Labute approximate surface area is 143 Å². The van der Waals surface area contributed by atoms with E-state index < -0.39 is 0 Å². The number of anilines is 1. The van der Waals surface area contributed by atoms with Gasteiger partial charge >= 0.3 is 0 Å². The molecule has 2 heterocycles. The molecule has 0 bridgehead atoms. The number of benzene rings is 1. The van der Waals surface area contributed by atoms with Crippen molar-refractivity contribution in [3.8, 4) is 11.3 Å². The lowest BCUT2D eigenvalue weighted by molar-refractivity contribution is 0.630. The Balaban J connectivity index is 2.19. The van der Waals surface area contributed by atoms with E-state index >= 15 is 0 Å². The highest BCUT2D eigenvalue weighted by Gasteiger charge is 2.14. The molecule has 0 saturated carbocycles. The van der Waals surface area contributed by atoms with Crippen molar-refractivity contribution in [2.45, 2.75) is 0 Å². The predicted octanol–water partition coefficient (Wildman–Crippen LogP) is 3.63. The third-order valence-electron chi connectivity index (χ3n) is 3.41. The zero-order chi connectivity index (χ0) is 17.1. The Morgan fingerprint density at radius 1 is 1.42 bits per heavy atom. The molecular weight excluding hydrogens is 329 g/mol. The first-order valence-electron chi connectivity index (χ1n) is 7.23. The minimum Gasteiger partial charge on any atom is -0.340 e. The first-order valence-corrected chi connectivity index (χ1v) is 7.60. The molecule has 24 heavy (non-hydrogen) atoms. The lowest BCUT2D eigenvalue weighted by Gasteiger charge is -2.12. The van der Waals surface area contributed by atoms with Gasteiger partial charge in [0.05, 0.1) is 11.9 Å². The summed E-state index contributed by atoms with van der Waals surface area (Å²) in [5.74, 6) is 0.210. The monoisotopic (exact) mass is 343 g/mol. The van der Waals surface area contributed by atoms with Crippen LogP contribution in [0.5, 0.6) is 0 Å². The fraction of sp³-hybridized carbons (Fsp3) is 0.0588. The van der Waals surface area contributed by atoms with Gasteiger partial charge in [-0.05, 0) is 24.3 Å². The fourth-order valence-corrected chi connectivity index (χ4v) is 2.46. The summed E-state index contributed by atoms with van der Waals surface area (Å²) in [5, 5.41) is 7.73. The molecular formula is C17H15ClFN5. The van der Waals surface area contributed by atoms with Crippen LogP contribution in [0.25, 0.3) is 16.9 Å². The second kappa shape index (κ2) is 6.82. The molecule has 0 saturated heterocycles. The van der Waals surface area contributed by atoms with Crippen LogP contribution in [0.4, 0.5) is 10.2 Å². The molecule has 0 atom stereocenters. The van der Waals surface area contributed by atoms with E-state index in [1.807, 2.05) is 0 Å². The average molecular weight is 344 g/mol. The molecule has 0 aliphatic carbocycles. The summed E-state index contributed by atoms with van der Waals surface area (Å²) in [4.78, 5) is 4.42. The molecule has 0 aliphatic heterocycles. The van der Waals surface area contributed by atoms with Crippen LogP contribution < -0.4 is 11.1 Å². The quantitative estimate of drug-likeness (QED) is 0.694. The van der Waals surface area contributed by atoms with Gasteiger partial charge in [-0.3, -0.25) is 0 Å². The molecule has 0 fully saturated rings. The number of nitrogens with zero attached hydrogens (tertiary/aromatic N) is 3. The summed E-state index contributed by atoms with van der Waals surface area (Å²) in [6, 6.07) is 8.12. The Bertz CT molecular complexity index is 932. The molecule has 3 aromatic rings. The molecule has 3 rings (SSSR count). The van der Waals surface area contributed by atoms with Gasteiger partial charge in [-0.25, -0.2) is 9.37 Å². The van der Waals surface area contributed by atoms with Crippen LogP contribution in [0, 0.1) is 5.82 Å². The number of rotatable bonds is 5. The minimum atomic E-state index is -0.364. The zero-order valence-corrected chi connectivity index (χ0v) is 13.5. The molecule has 0 unspecified atom stereocenters. The van der Waals surface area contributed by atoms with Gasteiger partial charge in [0.25, 0.3) is 0 Å². The molecule has 3 N–H and O–H groups in total. The van der Waals surface area contributed by atoms with E-state index in [-0.39, 0.29) is 5.82 Å². The van der Waals surface area contributed by atoms with E-state index in [2.05, 4.69) is 22.0 Å². The molecule has 0 radical (unpaired) electrons. The first kappa shape index (κ1) is 16.2. The van der Waals surface area contributed by atoms with Crippen LogP contribution in [-0.2, 0) is 0 Å². The predicted molar refractivity (Wildman–Crippen MR) is 94.3 cm³/mol. The van der Waals surface area contributed by atoms with Crippen molar-refractivity contribution >= 4 is 23.1 Å². The van der Waals surface area contributed by atoms with Crippen molar-refractivity contribution in [1.82, 2.24) is 14.6 Å². The average Bonchev–Trinajstić information content (AvgIpc) is 2.96. The Kier molecular flexibility index (Phi) is 4.59. The fourth-order valence-electron chi connectivity index (χ4n) is 2.29. The highest BCUT2D eigenvalue weighted by molar-refractivity contribution is 6.33. The highest BCUT2D eigenvalue weighted by atomic mass is 35.5. The van der Waals surface area contributed by atoms with Crippen LogP contribution in [0.3, 0.4) is 0 Å². The van der Waals surface area contributed by atoms with Gasteiger partial charge in [-0.15, -0.1) is 0 Å². The maximum absolute atomic E-state index is 14.1. The van der Waals surface area contributed by atoms with E-state index in [1.165, 1.54) is 12.3 Å². The van der Waals surface area contributed by atoms with E-state index in [9.17, 15) is 4.39 Å². The topological polar surface area (TPSA) is 68.2 Å². The van der Waals surface area contributed by atoms with Gasteiger partial charge in [-0.2, -0.15) is 9.61 Å². The third kappa shape index (κ3) is 3.02. The standard InChI is InChI=1S/C17H15ClFN5/c1-2-11(7-8-20)22-16-9-15(12-5-3-4-6-14(12)19)23-17-13(18)10-21-24(16)17/h2-7,9-10,22H,1,8,20H2/b11-7+. The summed E-state index contributed by atoms with van der Waals surface area (Å²) >= 11 is 6.15. The maximum atomic E-state index is 14.1. The minimum absolute atomic E-state index is 0.350. The summed E-state index contributed by atoms with van der Waals surface area (Å²) in [6.45, 7) is 4.09. The third-order valence-corrected chi connectivity index (χ3v) is 3.68. The van der Waals surface area contributed by atoms with Gasteiger partial charge in [0, 0.05) is 23.9 Å². The number of hydrogen-bond donors (Lipinski definition) is 2. The Morgan fingerprint density at radius 3 is 2.92 bits per heavy atom. The smallest absolute Gasteiger partial charge is 0.176 e. The summed E-state index contributed by atoms with van der Waals surface area (Å²) in [5.41, 5.74) is 7.50. The van der Waals surface area contributed by atoms with Crippen LogP contribution in [0.2, 0.25) is 5.02 Å². The van der Waals surface area contributed by atoms with E-state index in [0.29, 0.717) is 40.0 Å². The molecule has 5 nitrogen and oxygen atoms in total. The van der Waals surface area contributed by atoms with Crippen molar-refractivity contribution in [3.63, 3.8) is 0 Å². The molecule has 1 aromatic carbocycles. The second-order valence-corrected chi connectivity index (χ2v) is 5.37. The normalized spacial score (nSPS) is 11.7. The Hall–Kier alpha value is -2.70. The number of fused-ring (bicyclic) bond motifs is 1. The van der Waals surface area contributed by atoms with Gasteiger partial charge in [0.15, 0.2) is 5.65 Å². The van der Waals surface area contributed by atoms with Crippen LogP contribution >= 0.6 is 11.6 Å². The van der Waals surface area contributed by atoms with Crippen LogP contribution in [0.15, 0.2) is 61.0 Å². The van der Waals surface area contributed by atoms with E-state index in [4.69, 9.17) is 17.3 Å². The summed E-state index contributed by atoms with van der Waals surface area (Å²) in [6.07, 6.45) is 4.89. The largest absolute Gasteiger partial charge is 0.340 e. The lowest BCUT2D eigenvalue weighted by atomic mass is 10.1. The van der Waals surface area contributed by atoms with Crippen molar-refractivity contribution in [2.75, 3.05) is 11.9 Å². The van der Waals surface area contributed by atoms with Crippen molar-refractivity contribution in [3.05, 3.63) is 71.8 Å². The van der Waals surface area contributed by atoms with Crippen molar-refractivity contribution < 1.29 is 4.39 Å². The summed E-state index contributed by atoms with van der Waals surface area (Å²) < 4.78 is 15.7. The lowest BCUT2D eigenvalue weighted by Crippen LogP contribution is -2.07. The number of allylic oxidation sites excluding steroid dienone is 1. The van der Waals surface area contributed by atoms with Gasteiger partial charge < -0.3 is 11.1 Å². The molecule has 0 amide bonds. The number of halogens is 2. The summed E-state index contributed by atoms with van der Waals surface area (Å²) in [7, 11) is 0. The first-order chi connectivity index (χ1) is 11.6. The molecule has 0 spiro atoms. The number of nitrogens with one attached hydrogen (secondary N) is 1.